The lowest BCUT2D eigenvalue weighted by molar-refractivity contribution is 0.105. The molecular weight excluding hydrogens is 336 g/mol. The van der Waals surface area contributed by atoms with Gasteiger partial charge in [-0.1, -0.05) is 24.3 Å². The van der Waals surface area contributed by atoms with Crippen LogP contribution in [0.4, 0.5) is 5.82 Å². The predicted molar refractivity (Wildman–Crippen MR) is 99.7 cm³/mol. The van der Waals surface area contributed by atoms with Crippen LogP contribution in [0.3, 0.4) is 0 Å². The monoisotopic (exact) mass is 352 g/mol. The van der Waals surface area contributed by atoms with E-state index in [-0.39, 0.29) is 13.2 Å². The Hall–Kier alpha value is -2.61. The van der Waals surface area contributed by atoms with Gasteiger partial charge in [0.05, 0.1) is 22.9 Å². The fourth-order valence-corrected chi connectivity index (χ4v) is 3.48. The summed E-state index contributed by atoms with van der Waals surface area (Å²) in [5.74, 6) is 0.581. The van der Waals surface area contributed by atoms with E-state index in [4.69, 9.17) is 5.11 Å². The molecule has 0 radical (unpaired) electrons. The lowest BCUT2D eigenvalue weighted by Crippen LogP contribution is -2.23. The molecule has 0 spiro atoms. The van der Waals surface area contributed by atoms with Gasteiger partial charge in [0.25, 0.3) is 0 Å². The first-order valence-corrected chi connectivity index (χ1v) is 8.76. The molecule has 0 fully saturated rings. The van der Waals surface area contributed by atoms with Crippen LogP contribution in [0.5, 0.6) is 0 Å². The van der Waals surface area contributed by atoms with Crippen LogP contribution in [-0.2, 0) is 0 Å². The summed E-state index contributed by atoms with van der Waals surface area (Å²) in [7, 11) is 0. The van der Waals surface area contributed by atoms with Crippen LogP contribution in [0.25, 0.3) is 32.2 Å². The van der Waals surface area contributed by atoms with Gasteiger partial charge in [0, 0.05) is 29.1 Å². The summed E-state index contributed by atoms with van der Waals surface area (Å²) < 4.78 is 1.11. The zero-order valence-corrected chi connectivity index (χ0v) is 14.1. The summed E-state index contributed by atoms with van der Waals surface area (Å²) in [6.07, 6.45) is 0.972. The molecule has 1 aromatic carbocycles. The van der Waals surface area contributed by atoms with Crippen molar-refractivity contribution in [1.29, 1.82) is 0 Å². The van der Waals surface area contributed by atoms with Gasteiger partial charge in [-0.3, -0.25) is 4.98 Å². The molecule has 3 aromatic heterocycles. The van der Waals surface area contributed by atoms with E-state index in [1.54, 1.807) is 11.3 Å². The quantitative estimate of drug-likeness (QED) is 0.511. The lowest BCUT2D eigenvalue weighted by Gasteiger charge is -2.13. The van der Waals surface area contributed by atoms with E-state index in [1.807, 2.05) is 41.9 Å². The van der Waals surface area contributed by atoms with Gasteiger partial charge in [0.15, 0.2) is 5.82 Å². The van der Waals surface area contributed by atoms with Gasteiger partial charge in [-0.25, -0.2) is 0 Å². The molecule has 6 nitrogen and oxygen atoms in total. The topological polar surface area (TPSA) is 91.2 Å². The van der Waals surface area contributed by atoms with Crippen molar-refractivity contribution < 1.29 is 10.2 Å². The zero-order chi connectivity index (χ0) is 17.2. The van der Waals surface area contributed by atoms with Crippen LogP contribution in [0.15, 0.2) is 48.0 Å². The molecule has 126 valence electrons. The van der Waals surface area contributed by atoms with E-state index < -0.39 is 6.10 Å². The molecule has 4 rings (SSSR count). The van der Waals surface area contributed by atoms with E-state index in [9.17, 15) is 5.11 Å². The number of aliphatic hydroxyl groups is 2. The molecule has 0 aliphatic carbocycles. The maximum atomic E-state index is 9.54. The molecule has 1 atom stereocenters. The van der Waals surface area contributed by atoms with Crippen LogP contribution < -0.4 is 5.32 Å². The normalized spacial score (nSPS) is 12.6. The van der Waals surface area contributed by atoms with Crippen molar-refractivity contribution in [3.8, 4) is 11.3 Å². The highest BCUT2D eigenvalue weighted by atomic mass is 32.1. The highest BCUT2D eigenvalue weighted by Crippen LogP contribution is 2.31. The number of benzene rings is 1. The van der Waals surface area contributed by atoms with Crippen LogP contribution >= 0.6 is 11.3 Å². The first-order chi connectivity index (χ1) is 12.3. The van der Waals surface area contributed by atoms with E-state index in [0.717, 1.165) is 32.2 Å². The summed E-state index contributed by atoms with van der Waals surface area (Å²) in [4.78, 5) is 4.48. The van der Waals surface area contributed by atoms with Crippen molar-refractivity contribution in [3.05, 3.63) is 48.0 Å². The average Bonchev–Trinajstić information content (AvgIpc) is 3.13. The minimum absolute atomic E-state index is 0.206. The van der Waals surface area contributed by atoms with Crippen molar-refractivity contribution in [2.45, 2.75) is 6.10 Å². The summed E-state index contributed by atoms with van der Waals surface area (Å²) >= 11 is 1.64. The number of thiophene rings is 1. The van der Waals surface area contributed by atoms with Crippen LogP contribution in [0, 0.1) is 0 Å². The third-order valence-corrected chi connectivity index (χ3v) is 4.83. The number of nitrogens with zero attached hydrogens (tertiary/aromatic N) is 3. The first kappa shape index (κ1) is 15.9. The number of hydrogen-bond donors (Lipinski definition) is 3. The number of aromatic nitrogens is 3. The van der Waals surface area contributed by atoms with Gasteiger partial charge < -0.3 is 15.5 Å². The van der Waals surface area contributed by atoms with E-state index in [1.165, 1.54) is 0 Å². The second-order valence-corrected chi connectivity index (χ2v) is 6.64. The van der Waals surface area contributed by atoms with Crippen molar-refractivity contribution in [3.63, 3.8) is 0 Å². The smallest absolute Gasteiger partial charge is 0.156 e. The summed E-state index contributed by atoms with van der Waals surface area (Å²) in [5.41, 5.74) is 2.66. The molecule has 3 N–H and O–H groups in total. The van der Waals surface area contributed by atoms with Gasteiger partial charge in [0.2, 0.25) is 0 Å². The summed E-state index contributed by atoms with van der Waals surface area (Å²) in [6.45, 7) is -0.0971. The lowest BCUT2D eigenvalue weighted by atomic mass is 10.1. The standard InChI is InChI=1S/C18H16N4O2S/c23-10-12(24)9-20-18-14-4-2-1-3-13(14)17(21-22-18)11-7-16-15(19-8-11)5-6-25-16/h1-8,12,23-24H,9-10H2,(H,20,22)/t12-/m0/s1. The van der Waals surface area contributed by atoms with Crippen molar-refractivity contribution in [2.75, 3.05) is 18.5 Å². The van der Waals surface area contributed by atoms with E-state index >= 15 is 0 Å². The molecule has 0 saturated carbocycles. The summed E-state index contributed by atoms with van der Waals surface area (Å²) in [6, 6.07) is 11.9. The maximum absolute atomic E-state index is 9.54. The van der Waals surface area contributed by atoms with Gasteiger partial charge in [0.1, 0.15) is 5.69 Å². The molecule has 25 heavy (non-hydrogen) atoms. The Bertz CT molecular complexity index is 1030. The molecule has 7 heteroatoms. The molecule has 0 saturated heterocycles. The minimum Gasteiger partial charge on any atom is -0.394 e. The Morgan fingerprint density at radius 2 is 1.96 bits per heavy atom. The zero-order valence-electron chi connectivity index (χ0n) is 13.3. The second kappa shape index (κ2) is 6.72. The highest BCUT2D eigenvalue weighted by Gasteiger charge is 2.13. The fourth-order valence-electron chi connectivity index (χ4n) is 2.70. The Kier molecular flexibility index (Phi) is 4.27. The van der Waals surface area contributed by atoms with Gasteiger partial charge in [-0.2, -0.15) is 0 Å². The Labute approximate surface area is 147 Å². The fraction of sp³-hybridized carbons (Fsp3) is 0.167. The highest BCUT2D eigenvalue weighted by molar-refractivity contribution is 7.17. The van der Waals surface area contributed by atoms with Crippen LogP contribution in [0.2, 0.25) is 0 Å². The predicted octanol–water partition coefficient (Wildman–Crippen LogP) is 2.67. The van der Waals surface area contributed by atoms with Crippen LogP contribution in [0.1, 0.15) is 0 Å². The number of anilines is 1. The van der Waals surface area contributed by atoms with Gasteiger partial charge >= 0.3 is 0 Å². The maximum Gasteiger partial charge on any atom is 0.156 e. The molecule has 0 aliphatic rings. The third kappa shape index (κ3) is 3.05. The SMILES string of the molecule is OC[C@@H](O)CNc1nnc(-c2cnc3ccsc3c2)c2ccccc12. The number of rotatable bonds is 5. The van der Waals surface area contributed by atoms with E-state index in [2.05, 4.69) is 26.6 Å². The average molecular weight is 352 g/mol. The largest absolute Gasteiger partial charge is 0.394 e. The molecule has 3 heterocycles. The molecule has 4 aromatic rings. The third-order valence-electron chi connectivity index (χ3n) is 3.98. The Morgan fingerprint density at radius 1 is 1.12 bits per heavy atom. The number of aliphatic hydroxyl groups excluding tert-OH is 2. The number of fused-ring (bicyclic) bond motifs is 2. The summed E-state index contributed by atoms with van der Waals surface area (Å²) in [5, 5.41) is 34.1. The first-order valence-electron chi connectivity index (χ1n) is 7.88. The number of pyridine rings is 1. The van der Waals surface area contributed by atoms with Gasteiger partial charge in [-0.05, 0) is 17.5 Å². The molecule has 0 bridgehead atoms. The molecule has 0 aliphatic heterocycles. The van der Waals surface area contributed by atoms with Crippen LogP contribution in [-0.4, -0.2) is 44.7 Å². The van der Waals surface area contributed by atoms with Gasteiger partial charge in [-0.15, -0.1) is 21.5 Å². The Balaban J connectivity index is 1.80. The minimum atomic E-state index is -0.842. The number of hydrogen-bond acceptors (Lipinski definition) is 7. The van der Waals surface area contributed by atoms with Crippen molar-refractivity contribution in [1.82, 2.24) is 15.2 Å². The molecule has 0 unspecified atom stereocenters. The van der Waals surface area contributed by atoms with Crippen molar-refractivity contribution in [2.24, 2.45) is 0 Å². The molecule has 0 amide bonds. The second-order valence-electron chi connectivity index (χ2n) is 5.69. The molecular formula is C18H16N4O2S. The number of nitrogens with one attached hydrogen (secondary N) is 1. The van der Waals surface area contributed by atoms with E-state index in [0.29, 0.717) is 5.82 Å². The van der Waals surface area contributed by atoms with Crippen molar-refractivity contribution >= 4 is 38.1 Å². The Morgan fingerprint density at radius 3 is 2.80 bits per heavy atom.